The van der Waals surface area contributed by atoms with Crippen molar-refractivity contribution in [2.75, 3.05) is 7.05 Å². The molecule has 0 fully saturated rings. The molecule has 21 heavy (non-hydrogen) atoms. The molecule has 0 bridgehead atoms. The van der Waals surface area contributed by atoms with Gasteiger partial charge in [-0.2, -0.15) is 4.31 Å². The molecule has 0 saturated carbocycles. The van der Waals surface area contributed by atoms with E-state index in [4.69, 9.17) is 11.6 Å². The van der Waals surface area contributed by atoms with Crippen molar-refractivity contribution in [3.8, 4) is 0 Å². The first-order valence-electron chi connectivity index (χ1n) is 6.38. The van der Waals surface area contributed by atoms with Crippen molar-refractivity contribution < 1.29 is 8.42 Å². The first kappa shape index (κ1) is 16.4. The Kier molecular flexibility index (Phi) is 5.03. The van der Waals surface area contributed by atoms with Gasteiger partial charge in [-0.05, 0) is 36.9 Å². The van der Waals surface area contributed by atoms with E-state index < -0.39 is 10.0 Å². The summed E-state index contributed by atoms with van der Waals surface area (Å²) in [5.41, 5.74) is 2.33. The third-order valence-corrected chi connectivity index (χ3v) is 6.80. The number of hydrogen-bond donors (Lipinski definition) is 0. The number of aromatic nitrogens is 1. The summed E-state index contributed by atoms with van der Waals surface area (Å²) < 4.78 is 26.8. The molecule has 7 heteroatoms. The maximum atomic E-state index is 12.7. The predicted octanol–water partition coefficient (Wildman–Crippen LogP) is 3.32. The van der Waals surface area contributed by atoms with Crippen molar-refractivity contribution in [2.45, 2.75) is 31.2 Å². The molecular formula is C14H17ClN2O2S2. The Morgan fingerprint density at radius 2 is 2.05 bits per heavy atom. The Labute approximate surface area is 134 Å². The molecule has 2 aromatic heterocycles. The molecular weight excluding hydrogens is 328 g/mol. The van der Waals surface area contributed by atoms with Crippen LogP contribution in [0.3, 0.4) is 0 Å². The number of nitrogens with zero attached hydrogens (tertiary/aromatic N) is 2. The van der Waals surface area contributed by atoms with Gasteiger partial charge in [-0.15, -0.1) is 22.9 Å². The van der Waals surface area contributed by atoms with Gasteiger partial charge in [0.25, 0.3) is 0 Å². The van der Waals surface area contributed by atoms with Crippen LogP contribution >= 0.6 is 22.9 Å². The van der Waals surface area contributed by atoms with Gasteiger partial charge in [0, 0.05) is 17.6 Å². The lowest BCUT2D eigenvalue weighted by atomic mass is 10.3. The van der Waals surface area contributed by atoms with Crippen molar-refractivity contribution in [1.82, 2.24) is 9.29 Å². The molecule has 0 unspecified atom stereocenters. The minimum atomic E-state index is -3.56. The molecule has 4 nitrogen and oxygen atoms in total. The van der Waals surface area contributed by atoms with Crippen LogP contribution in [-0.4, -0.2) is 24.8 Å². The molecule has 2 aromatic rings. The number of hydrogen-bond acceptors (Lipinski definition) is 4. The minimum absolute atomic E-state index is 0.198. The summed E-state index contributed by atoms with van der Waals surface area (Å²) in [6, 6.07) is 5.58. The second-order valence-electron chi connectivity index (χ2n) is 4.84. The largest absolute Gasteiger partial charge is 0.257 e. The van der Waals surface area contributed by atoms with Crippen LogP contribution in [0.5, 0.6) is 0 Å². The maximum Gasteiger partial charge on any atom is 0.244 e. The van der Waals surface area contributed by atoms with Gasteiger partial charge in [0.1, 0.15) is 4.90 Å². The number of pyridine rings is 1. The summed E-state index contributed by atoms with van der Waals surface area (Å²) in [5.74, 6) is 0.198. The lowest BCUT2D eigenvalue weighted by Crippen LogP contribution is -2.27. The highest BCUT2D eigenvalue weighted by atomic mass is 35.5. The van der Waals surface area contributed by atoms with Crippen LogP contribution < -0.4 is 0 Å². The zero-order valence-corrected chi connectivity index (χ0v) is 14.5. The first-order chi connectivity index (χ1) is 9.86. The summed E-state index contributed by atoms with van der Waals surface area (Å²) in [6.07, 6.45) is 0. The van der Waals surface area contributed by atoms with Crippen LogP contribution in [0.1, 0.15) is 21.8 Å². The van der Waals surface area contributed by atoms with E-state index >= 15 is 0 Å². The minimum Gasteiger partial charge on any atom is -0.257 e. The maximum absolute atomic E-state index is 12.7. The van der Waals surface area contributed by atoms with Crippen LogP contribution in [0.25, 0.3) is 0 Å². The third-order valence-electron chi connectivity index (χ3n) is 3.11. The Bertz CT molecular complexity index is 741. The van der Waals surface area contributed by atoms with Crippen LogP contribution in [0, 0.1) is 13.8 Å². The van der Waals surface area contributed by atoms with Crippen LogP contribution in [0.4, 0.5) is 0 Å². The molecule has 2 rings (SSSR count). The molecule has 0 aliphatic rings. The van der Waals surface area contributed by atoms with Gasteiger partial charge in [-0.3, -0.25) is 4.98 Å². The highest BCUT2D eigenvalue weighted by Crippen LogP contribution is 2.30. The summed E-state index contributed by atoms with van der Waals surface area (Å²) >= 11 is 7.23. The van der Waals surface area contributed by atoms with Gasteiger partial charge >= 0.3 is 0 Å². The smallest absolute Gasteiger partial charge is 0.244 e. The van der Waals surface area contributed by atoms with Gasteiger partial charge in [-0.25, -0.2) is 8.42 Å². The normalized spacial score (nSPS) is 12.0. The third kappa shape index (κ3) is 3.45. The number of alkyl halides is 1. The fraction of sp³-hybridized carbons (Fsp3) is 0.357. The summed E-state index contributed by atoms with van der Waals surface area (Å²) in [4.78, 5) is 5.35. The Morgan fingerprint density at radius 3 is 2.67 bits per heavy atom. The van der Waals surface area contributed by atoms with Crippen molar-refractivity contribution >= 4 is 33.0 Å². The molecule has 0 aromatic carbocycles. The average molecular weight is 345 g/mol. The van der Waals surface area contributed by atoms with E-state index in [0.717, 1.165) is 17.0 Å². The van der Waals surface area contributed by atoms with Crippen molar-refractivity contribution in [3.05, 3.63) is 45.4 Å². The number of halogens is 1. The first-order valence-corrected chi connectivity index (χ1v) is 9.23. The molecule has 0 aliphatic heterocycles. The number of sulfonamides is 1. The van der Waals surface area contributed by atoms with Gasteiger partial charge in [0.05, 0.1) is 18.1 Å². The quantitative estimate of drug-likeness (QED) is 0.782. The van der Waals surface area contributed by atoms with E-state index in [1.54, 1.807) is 14.0 Å². The Morgan fingerprint density at radius 1 is 1.33 bits per heavy atom. The van der Waals surface area contributed by atoms with Crippen molar-refractivity contribution in [1.29, 1.82) is 0 Å². The van der Waals surface area contributed by atoms with E-state index in [1.165, 1.54) is 15.6 Å². The molecule has 0 spiro atoms. The molecule has 0 radical (unpaired) electrons. The lowest BCUT2D eigenvalue weighted by molar-refractivity contribution is 0.461. The lowest BCUT2D eigenvalue weighted by Gasteiger charge is -2.18. The molecule has 0 amide bonds. The van der Waals surface area contributed by atoms with Gasteiger partial charge < -0.3 is 0 Å². The monoisotopic (exact) mass is 344 g/mol. The highest BCUT2D eigenvalue weighted by Gasteiger charge is 2.27. The predicted molar refractivity (Wildman–Crippen MR) is 86.2 cm³/mol. The second kappa shape index (κ2) is 6.44. The fourth-order valence-electron chi connectivity index (χ4n) is 2.08. The van der Waals surface area contributed by atoms with E-state index in [0.29, 0.717) is 9.77 Å². The van der Waals surface area contributed by atoms with Crippen LogP contribution in [-0.2, 0) is 22.4 Å². The molecule has 0 saturated heterocycles. The zero-order chi connectivity index (χ0) is 15.6. The molecule has 0 N–H and O–H groups in total. The van der Waals surface area contributed by atoms with E-state index in [1.807, 2.05) is 30.5 Å². The summed E-state index contributed by atoms with van der Waals surface area (Å²) in [5, 5.41) is 1.82. The Balaban J connectivity index is 2.33. The standard InChI is InChI=1S/C14H17ClN2O2S2/c1-10-9-20-13(7-15)14(10)21(18,19)17(3)8-12-6-4-5-11(2)16-12/h4-6,9H,7-8H2,1-3H3. The van der Waals surface area contributed by atoms with E-state index in [9.17, 15) is 8.42 Å². The zero-order valence-electron chi connectivity index (χ0n) is 12.1. The molecule has 114 valence electrons. The number of thiophene rings is 1. The topological polar surface area (TPSA) is 50.3 Å². The summed E-state index contributed by atoms with van der Waals surface area (Å²) in [6.45, 7) is 3.91. The number of rotatable bonds is 5. The van der Waals surface area contributed by atoms with Crippen LogP contribution in [0.2, 0.25) is 0 Å². The fourth-order valence-corrected chi connectivity index (χ4v) is 5.23. The van der Waals surface area contributed by atoms with Crippen molar-refractivity contribution in [3.63, 3.8) is 0 Å². The molecule has 2 heterocycles. The Hall–Kier alpha value is -0.950. The van der Waals surface area contributed by atoms with Crippen LogP contribution in [0.15, 0.2) is 28.5 Å². The summed E-state index contributed by atoms with van der Waals surface area (Å²) in [7, 11) is -2.00. The van der Waals surface area contributed by atoms with E-state index in [2.05, 4.69) is 4.98 Å². The average Bonchev–Trinajstić information content (AvgIpc) is 2.80. The van der Waals surface area contributed by atoms with E-state index in [-0.39, 0.29) is 12.4 Å². The highest BCUT2D eigenvalue weighted by molar-refractivity contribution is 7.89. The van der Waals surface area contributed by atoms with Gasteiger partial charge in [-0.1, -0.05) is 6.07 Å². The van der Waals surface area contributed by atoms with Gasteiger partial charge in [0.15, 0.2) is 0 Å². The molecule has 0 atom stereocenters. The second-order valence-corrected chi connectivity index (χ2v) is 8.05. The number of aryl methyl sites for hydroxylation is 2. The SMILES string of the molecule is Cc1cccc(CN(C)S(=O)(=O)c2c(C)csc2CCl)n1. The van der Waals surface area contributed by atoms with Crippen molar-refractivity contribution in [2.24, 2.45) is 0 Å². The van der Waals surface area contributed by atoms with Gasteiger partial charge in [0.2, 0.25) is 10.0 Å². The molecule has 0 aliphatic carbocycles.